The molecule has 0 heterocycles. The highest BCUT2D eigenvalue weighted by Gasteiger charge is 1.98. The van der Waals surface area contributed by atoms with Crippen LogP contribution in [0.2, 0.25) is 0 Å². The van der Waals surface area contributed by atoms with Crippen molar-refractivity contribution >= 4 is 0 Å². The Morgan fingerprint density at radius 2 is 2.36 bits per heavy atom. The van der Waals surface area contributed by atoms with Crippen LogP contribution in [0.15, 0.2) is 11.6 Å². The molecule has 0 radical (unpaired) electrons. The minimum atomic E-state index is 0.294. The third-order valence-corrected chi connectivity index (χ3v) is 1.77. The van der Waals surface area contributed by atoms with Crippen molar-refractivity contribution in [2.75, 3.05) is 6.61 Å². The highest BCUT2D eigenvalue weighted by atomic mass is 16.2. The lowest BCUT2D eigenvalue weighted by Gasteiger charge is -2.06. The molecule has 0 bridgehead atoms. The number of allylic oxidation sites excluding steroid dienone is 2. The molecule has 1 unspecified atom stereocenters. The fourth-order valence-corrected chi connectivity index (χ4v) is 0.979. The van der Waals surface area contributed by atoms with Gasteiger partial charge in [-0.1, -0.05) is 18.6 Å². The Hall–Kier alpha value is -0.300. The molecule has 1 atom stereocenters. The molecule has 1 nitrogen and oxygen atoms in total. The minimum absolute atomic E-state index is 0.294. The lowest BCUT2D eigenvalue weighted by molar-refractivity contribution is 0.259. The zero-order valence-corrected chi connectivity index (χ0v) is 7.64. The normalized spacial score (nSPS) is 16.3. The summed E-state index contributed by atoms with van der Waals surface area (Å²) in [6, 6.07) is 0. The molecule has 1 heteroatoms. The molecule has 11 heavy (non-hydrogen) atoms. The molecule has 0 spiro atoms. The molecule has 1 N–H and O–H groups in total. The van der Waals surface area contributed by atoms with E-state index in [-0.39, 0.29) is 0 Å². The predicted molar refractivity (Wildman–Crippen MR) is 49.5 cm³/mol. The molecule has 0 aromatic rings. The number of rotatable bonds is 5. The zero-order valence-electron chi connectivity index (χ0n) is 8.64. The van der Waals surface area contributed by atoms with Gasteiger partial charge in [-0.25, -0.2) is 0 Å². The Bertz CT molecular complexity index is 132. The van der Waals surface area contributed by atoms with Crippen LogP contribution in [0.3, 0.4) is 0 Å². The molecule has 0 fully saturated rings. The van der Waals surface area contributed by atoms with Gasteiger partial charge in [0.2, 0.25) is 0 Å². The van der Waals surface area contributed by atoms with Gasteiger partial charge in [-0.15, -0.1) is 0 Å². The third-order valence-electron chi connectivity index (χ3n) is 1.77. The van der Waals surface area contributed by atoms with Gasteiger partial charge in [-0.3, -0.25) is 0 Å². The molecule has 0 amide bonds. The maximum absolute atomic E-state index is 8.65. The van der Waals surface area contributed by atoms with E-state index in [1.54, 1.807) is 0 Å². The summed E-state index contributed by atoms with van der Waals surface area (Å²) in [6.45, 7) is 4.85. The van der Waals surface area contributed by atoms with Gasteiger partial charge in [0.05, 0.1) is 0 Å². The van der Waals surface area contributed by atoms with Crippen LogP contribution in [0.5, 0.6) is 0 Å². The Morgan fingerprint density at radius 1 is 1.64 bits per heavy atom. The fraction of sp³-hybridized carbons (Fsp3) is 0.800. The van der Waals surface area contributed by atoms with E-state index < -0.39 is 0 Å². The Labute approximate surface area is 71.5 Å². The summed E-state index contributed by atoms with van der Waals surface area (Å²) >= 11 is 0. The number of hydrogen-bond acceptors (Lipinski definition) is 1. The van der Waals surface area contributed by atoms with Gasteiger partial charge < -0.3 is 5.11 Å². The van der Waals surface area contributed by atoms with Gasteiger partial charge in [0.25, 0.3) is 0 Å². The highest BCUT2D eigenvalue weighted by Crippen LogP contribution is 2.10. The van der Waals surface area contributed by atoms with Crippen molar-refractivity contribution in [2.45, 2.75) is 40.0 Å². The minimum Gasteiger partial charge on any atom is -0.396 e. The Kier molecular flexibility index (Phi) is 5.13. The average molecular weight is 157 g/mol. The smallest absolute Gasteiger partial charge is 0.0433 e. The summed E-state index contributed by atoms with van der Waals surface area (Å²) in [5.74, 6) is 0.602. The van der Waals surface area contributed by atoms with Crippen LogP contribution in [-0.2, 0) is 0 Å². The monoisotopic (exact) mass is 157 g/mol. The molecule has 0 aromatic carbocycles. The molecule has 0 aromatic heterocycles. The van der Waals surface area contributed by atoms with Crippen LogP contribution in [0.25, 0.3) is 0 Å². The van der Waals surface area contributed by atoms with E-state index in [9.17, 15) is 0 Å². The highest BCUT2D eigenvalue weighted by molar-refractivity contribution is 4.92. The van der Waals surface area contributed by atoms with E-state index in [4.69, 9.17) is 6.48 Å². The predicted octanol–water partition coefficient (Wildman–Crippen LogP) is 2.75. The second-order valence-electron chi connectivity index (χ2n) is 3.25. The zero-order chi connectivity index (χ0) is 9.40. The van der Waals surface area contributed by atoms with Crippen LogP contribution in [0.4, 0.5) is 0 Å². The lowest BCUT2D eigenvalue weighted by Crippen LogP contribution is -1.96. The average Bonchev–Trinajstić information content (AvgIpc) is 2.04. The van der Waals surface area contributed by atoms with Gasteiger partial charge in [0.15, 0.2) is 0 Å². The van der Waals surface area contributed by atoms with Gasteiger partial charge in [-0.05, 0) is 39.0 Å². The van der Waals surface area contributed by atoms with E-state index in [0.717, 1.165) is 24.8 Å². The van der Waals surface area contributed by atoms with Crippen molar-refractivity contribution in [3.63, 3.8) is 0 Å². The standard InChI is InChI=1S/C10H20O/c1-9(2)5-4-6-10(3)7-8-11/h5,10-11H,4,6-8H2,1-3H3/i1D/b9-5+. The first-order valence-corrected chi connectivity index (χ1v) is 4.26. The van der Waals surface area contributed by atoms with Crippen LogP contribution in [-0.4, -0.2) is 11.7 Å². The van der Waals surface area contributed by atoms with Crippen molar-refractivity contribution in [3.8, 4) is 0 Å². The molecular formula is C10H20O. The van der Waals surface area contributed by atoms with Crippen molar-refractivity contribution < 1.29 is 6.48 Å². The summed E-state index contributed by atoms with van der Waals surface area (Å²) in [5, 5.41) is 8.65. The summed E-state index contributed by atoms with van der Waals surface area (Å²) in [4.78, 5) is 0. The summed E-state index contributed by atoms with van der Waals surface area (Å²) < 4.78 is 7.07. The van der Waals surface area contributed by atoms with Crippen molar-refractivity contribution in [3.05, 3.63) is 11.6 Å². The molecular weight excluding hydrogens is 136 g/mol. The number of aliphatic hydroxyl groups excluding tert-OH is 1. The van der Waals surface area contributed by atoms with Crippen molar-refractivity contribution in [1.29, 1.82) is 0 Å². The molecule has 0 aliphatic rings. The topological polar surface area (TPSA) is 20.2 Å². The maximum atomic E-state index is 8.65. The largest absolute Gasteiger partial charge is 0.396 e. The van der Waals surface area contributed by atoms with E-state index in [2.05, 4.69) is 13.0 Å². The lowest BCUT2D eigenvalue weighted by atomic mass is 10.0. The molecule has 0 aliphatic heterocycles. The molecule has 0 aliphatic carbocycles. The van der Waals surface area contributed by atoms with E-state index in [1.807, 2.05) is 6.92 Å². The van der Waals surface area contributed by atoms with Crippen LogP contribution >= 0.6 is 0 Å². The quantitative estimate of drug-likeness (QED) is 0.608. The second-order valence-corrected chi connectivity index (χ2v) is 3.25. The first-order chi connectivity index (χ1) is 5.70. The molecule has 0 saturated heterocycles. The van der Waals surface area contributed by atoms with Gasteiger partial charge in [0, 0.05) is 7.98 Å². The summed E-state index contributed by atoms with van der Waals surface area (Å²) in [7, 11) is 0. The van der Waals surface area contributed by atoms with E-state index >= 15 is 0 Å². The summed E-state index contributed by atoms with van der Waals surface area (Å²) in [5.41, 5.74) is 1.14. The van der Waals surface area contributed by atoms with Gasteiger partial charge >= 0.3 is 0 Å². The Balaban J connectivity index is 3.41. The van der Waals surface area contributed by atoms with E-state index in [1.165, 1.54) is 0 Å². The van der Waals surface area contributed by atoms with Gasteiger partial charge in [0.1, 0.15) is 0 Å². The summed E-state index contributed by atoms with van der Waals surface area (Å²) in [6.07, 6.45) is 5.19. The fourth-order valence-electron chi connectivity index (χ4n) is 0.979. The van der Waals surface area contributed by atoms with Crippen LogP contribution < -0.4 is 0 Å². The first-order valence-electron chi connectivity index (χ1n) is 4.97. The molecule has 0 saturated carbocycles. The molecule has 0 rings (SSSR count). The third kappa shape index (κ3) is 7.60. The van der Waals surface area contributed by atoms with Crippen molar-refractivity contribution in [1.82, 2.24) is 0 Å². The first kappa shape index (κ1) is 8.79. The van der Waals surface area contributed by atoms with Gasteiger partial charge in [-0.2, -0.15) is 0 Å². The van der Waals surface area contributed by atoms with Crippen LogP contribution in [0, 0.1) is 5.92 Å². The maximum Gasteiger partial charge on any atom is 0.0433 e. The van der Waals surface area contributed by atoms with E-state index in [0.29, 0.717) is 19.4 Å². The number of aliphatic hydroxyl groups is 1. The van der Waals surface area contributed by atoms with Crippen LogP contribution in [0.1, 0.15) is 41.4 Å². The molecule has 66 valence electrons. The second kappa shape index (κ2) is 6.41. The van der Waals surface area contributed by atoms with Crippen molar-refractivity contribution in [2.24, 2.45) is 5.92 Å². The number of hydrogen-bond donors (Lipinski definition) is 1. The SMILES string of the molecule is [2H]C/C(C)=C\CCC(C)CCO. The Morgan fingerprint density at radius 3 is 2.91 bits per heavy atom.